The number of hydrogen-bond donors (Lipinski definition) is 1. The van der Waals surface area contributed by atoms with Crippen molar-refractivity contribution in [2.75, 3.05) is 6.54 Å². The Labute approximate surface area is 151 Å². The minimum atomic E-state index is -0.330. The van der Waals surface area contributed by atoms with Gasteiger partial charge in [0.1, 0.15) is 5.82 Å². The molecule has 0 saturated carbocycles. The van der Waals surface area contributed by atoms with Crippen LogP contribution in [0.15, 0.2) is 40.9 Å². The van der Waals surface area contributed by atoms with Crippen LogP contribution in [0.1, 0.15) is 24.1 Å². The van der Waals surface area contributed by atoms with Gasteiger partial charge < -0.3 is 5.32 Å². The summed E-state index contributed by atoms with van der Waals surface area (Å²) in [7, 11) is 0. The Balaban J connectivity index is 2.35. The first-order chi connectivity index (χ1) is 10.0. The van der Waals surface area contributed by atoms with Crippen molar-refractivity contribution >= 4 is 50.1 Å². The first kappa shape index (κ1) is 17.2. The molecule has 112 valence electrons. The SMILES string of the molecule is CCNC(Cc1cccc(Cl)c1F)c1cc(I)ccc1Br. The summed E-state index contributed by atoms with van der Waals surface area (Å²) in [6.07, 6.45) is 0.554. The van der Waals surface area contributed by atoms with E-state index in [-0.39, 0.29) is 16.9 Å². The van der Waals surface area contributed by atoms with Crippen molar-refractivity contribution in [3.63, 3.8) is 0 Å². The van der Waals surface area contributed by atoms with Gasteiger partial charge in [-0.3, -0.25) is 0 Å². The van der Waals surface area contributed by atoms with Crippen molar-refractivity contribution < 1.29 is 4.39 Å². The summed E-state index contributed by atoms with van der Waals surface area (Å²) in [5.74, 6) is -0.330. The van der Waals surface area contributed by atoms with Crippen LogP contribution in [0.4, 0.5) is 4.39 Å². The second kappa shape index (κ2) is 7.90. The van der Waals surface area contributed by atoms with E-state index in [1.165, 1.54) is 0 Å². The van der Waals surface area contributed by atoms with E-state index in [1.54, 1.807) is 18.2 Å². The summed E-state index contributed by atoms with van der Waals surface area (Å²) in [6.45, 7) is 2.86. The molecule has 0 radical (unpaired) electrons. The molecule has 0 aliphatic heterocycles. The number of rotatable bonds is 5. The van der Waals surface area contributed by atoms with E-state index in [2.05, 4.69) is 49.9 Å². The second-order valence-corrected chi connectivity index (χ2v) is 7.20. The average Bonchev–Trinajstić information content (AvgIpc) is 2.46. The molecule has 1 N–H and O–H groups in total. The zero-order valence-electron chi connectivity index (χ0n) is 11.5. The lowest BCUT2D eigenvalue weighted by Crippen LogP contribution is -2.24. The highest BCUT2D eigenvalue weighted by molar-refractivity contribution is 14.1. The average molecular weight is 483 g/mol. The molecule has 0 fully saturated rings. The molecule has 1 unspecified atom stereocenters. The third-order valence-corrected chi connectivity index (χ3v) is 4.92. The number of likely N-dealkylation sites (N-methyl/N-ethyl adjacent to an activating group) is 1. The molecule has 0 saturated heterocycles. The minimum absolute atomic E-state index is 0.0343. The first-order valence-corrected chi connectivity index (χ1v) is 8.89. The molecule has 5 heteroatoms. The zero-order valence-corrected chi connectivity index (χ0v) is 16.0. The van der Waals surface area contributed by atoms with Crippen molar-refractivity contribution in [3.8, 4) is 0 Å². The molecule has 0 heterocycles. The highest BCUT2D eigenvalue weighted by Gasteiger charge is 2.17. The maximum absolute atomic E-state index is 14.1. The van der Waals surface area contributed by atoms with Crippen LogP contribution >= 0.6 is 50.1 Å². The fraction of sp³-hybridized carbons (Fsp3) is 0.250. The third kappa shape index (κ3) is 4.41. The molecular weight excluding hydrogens is 467 g/mol. The van der Waals surface area contributed by atoms with Crippen molar-refractivity contribution in [3.05, 3.63) is 66.4 Å². The van der Waals surface area contributed by atoms with Crippen LogP contribution in [0.3, 0.4) is 0 Å². The predicted molar refractivity (Wildman–Crippen MR) is 98.4 cm³/mol. The zero-order chi connectivity index (χ0) is 15.4. The fourth-order valence-electron chi connectivity index (χ4n) is 2.25. The van der Waals surface area contributed by atoms with Gasteiger partial charge in [0.15, 0.2) is 0 Å². The Morgan fingerprint density at radius 3 is 2.81 bits per heavy atom. The molecule has 0 aliphatic rings. The van der Waals surface area contributed by atoms with Crippen LogP contribution in [0.25, 0.3) is 0 Å². The summed E-state index contributed by atoms with van der Waals surface area (Å²) in [4.78, 5) is 0. The summed E-state index contributed by atoms with van der Waals surface area (Å²) >= 11 is 11.7. The lowest BCUT2D eigenvalue weighted by molar-refractivity contribution is 0.526. The predicted octanol–water partition coefficient (Wildman–Crippen LogP) is 5.74. The minimum Gasteiger partial charge on any atom is -0.310 e. The van der Waals surface area contributed by atoms with Crippen LogP contribution in [-0.4, -0.2) is 6.54 Å². The van der Waals surface area contributed by atoms with E-state index in [0.717, 1.165) is 20.2 Å². The molecule has 0 aliphatic carbocycles. The van der Waals surface area contributed by atoms with Gasteiger partial charge in [0.2, 0.25) is 0 Å². The van der Waals surface area contributed by atoms with Gasteiger partial charge >= 0.3 is 0 Å². The van der Waals surface area contributed by atoms with Crippen molar-refractivity contribution in [1.29, 1.82) is 0 Å². The van der Waals surface area contributed by atoms with E-state index < -0.39 is 0 Å². The van der Waals surface area contributed by atoms with Crippen LogP contribution < -0.4 is 5.32 Å². The van der Waals surface area contributed by atoms with E-state index in [1.807, 2.05) is 19.1 Å². The van der Waals surface area contributed by atoms with Gasteiger partial charge in [-0.05, 0) is 70.9 Å². The molecule has 1 nitrogen and oxygen atoms in total. The maximum Gasteiger partial charge on any atom is 0.145 e. The molecule has 2 rings (SSSR count). The Bertz CT molecular complexity index is 636. The lowest BCUT2D eigenvalue weighted by Gasteiger charge is -2.21. The van der Waals surface area contributed by atoms with Gasteiger partial charge in [-0.1, -0.05) is 46.6 Å². The van der Waals surface area contributed by atoms with E-state index in [0.29, 0.717) is 12.0 Å². The number of halogens is 4. The van der Waals surface area contributed by atoms with Gasteiger partial charge in [-0.2, -0.15) is 0 Å². The Hall–Kier alpha value is -0.170. The highest BCUT2D eigenvalue weighted by atomic mass is 127. The Kier molecular flexibility index (Phi) is 6.47. The van der Waals surface area contributed by atoms with Crippen LogP contribution in [-0.2, 0) is 6.42 Å². The van der Waals surface area contributed by atoms with E-state index in [4.69, 9.17) is 11.6 Å². The quantitative estimate of drug-likeness (QED) is 0.536. The van der Waals surface area contributed by atoms with E-state index >= 15 is 0 Å². The standard InChI is InChI=1S/C16H15BrClFIN/c1-2-21-15(12-9-11(20)6-7-13(12)17)8-10-4-3-5-14(18)16(10)19/h3-7,9,15,21H,2,8H2,1H3. The summed E-state index contributed by atoms with van der Waals surface area (Å²) < 4.78 is 16.3. The second-order valence-electron chi connectivity index (χ2n) is 4.69. The van der Waals surface area contributed by atoms with Crippen molar-refractivity contribution in [2.24, 2.45) is 0 Å². The number of nitrogens with one attached hydrogen (secondary N) is 1. The molecule has 1 atom stereocenters. The topological polar surface area (TPSA) is 12.0 Å². The molecule has 2 aromatic carbocycles. The molecule has 0 spiro atoms. The number of benzene rings is 2. The highest BCUT2D eigenvalue weighted by Crippen LogP contribution is 2.29. The van der Waals surface area contributed by atoms with Gasteiger partial charge in [0, 0.05) is 14.1 Å². The monoisotopic (exact) mass is 481 g/mol. The van der Waals surface area contributed by atoms with Gasteiger partial charge in [-0.25, -0.2) is 4.39 Å². The van der Waals surface area contributed by atoms with Crippen LogP contribution in [0.2, 0.25) is 5.02 Å². The van der Waals surface area contributed by atoms with Crippen LogP contribution in [0.5, 0.6) is 0 Å². The number of hydrogen-bond acceptors (Lipinski definition) is 1. The smallest absolute Gasteiger partial charge is 0.145 e. The van der Waals surface area contributed by atoms with Gasteiger partial charge in [0.25, 0.3) is 0 Å². The molecule has 21 heavy (non-hydrogen) atoms. The first-order valence-electron chi connectivity index (χ1n) is 6.64. The molecule has 0 amide bonds. The molecule has 0 bridgehead atoms. The van der Waals surface area contributed by atoms with Gasteiger partial charge in [0.05, 0.1) is 5.02 Å². The Morgan fingerprint density at radius 2 is 2.10 bits per heavy atom. The Morgan fingerprint density at radius 1 is 1.33 bits per heavy atom. The van der Waals surface area contributed by atoms with Crippen LogP contribution in [0, 0.1) is 9.39 Å². The summed E-state index contributed by atoms with van der Waals surface area (Å²) in [6, 6.07) is 11.4. The van der Waals surface area contributed by atoms with Gasteiger partial charge in [-0.15, -0.1) is 0 Å². The largest absolute Gasteiger partial charge is 0.310 e. The van der Waals surface area contributed by atoms with Crippen molar-refractivity contribution in [2.45, 2.75) is 19.4 Å². The molecule has 0 aromatic heterocycles. The molecule has 2 aromatic rings. The van der Waals surface area contributed by atoms with Crippen molar-refractivity contribution in [1.82, 2.24) is 5.32 Å². The fourth-order valence-corrected chi connectivity index (χ4v) is 3.48. The molecular formula is C16H15BrClFIN. The summed E-state index contributed by atoms with van der Waals surface area (Å²) in [5, 5.41) is 3.59. The maximum atomic E-state index is 14.1. The lowest BCUT2D eigenvalue weighted by atomic mass is 9.98. The third-order valence-electron chi connectivity index (χ3n) is 3.24. The summed E-state index contributed by atoms with van der Waals surface area (Å²) in [5.41, 5.74) is 1.75. The van der Waals surface area contributed by atoms with E-state index in [9.17, 15) is 4.39 Å². The normalized spacial score (nSPS) is 12.4.